The molecule has 1 heterocycles. The molecule has 1 aromatic heterocycles. The monoisotopic (exact) mass is 411 g/mol. The smallest absolute Gasteiger partial charge is 0.419 e. The maximum atomic E-state index is 13.6. The second kappa shape index (κ2) is 8.67. The molecule has 9 heteroatoms. The molecule has 6 nitrogen and oxygen atoms in total. The Morgan fingerprint density at radius 3 is 2.45 bits per heavy atom. The molecule has 0 spiro atoms. The molecule has 2 N–H and O–H groups in total. The molecule has 1 atom stereocenters. The third kappa shape index (κ3) is 6.33. The molecule has 1 aromatic carbocycles. The molecule has 0 aliphatic rings. The maximum absolute atomic E-state index is 13.6. The van der Waals surface area contributed by atoms with E-state index >= 15 is 0 Å². The van der Waals surface area contributed by atoms with Crippen LogP contribution in [-0.2, 0) is 10.9 Å². The summed E-state index contributed by atoms with van der Waals surface area (Å²) in [6, 6.07) is 5.29. The SMILES string of the molecule is Cc1cc(-c2ccc(OCC(C)(CC(C)C)OC(N)=O)c(C(F)(F)F)c2)ncn1. The van der Waals surface area contributed by atoms with Crippen LogP contribution in [0.5, 0.6) is 5.75 Å². The van der Waals surface area contributed by atoms with E-state index < -0.39 is 23.4 Å². The Morgan fingerprint density at radius 1 is 1.21 bits per heavy atom. The zero-order valence-corrected chi connectivity index (χ0v) is 16.7. The van der Waals surface area contributed by atoms with E-state index in [4.69, 9.17) is 15.2 Å². The standard InChI is InChI=1S/C20H24F3N3O3/c1-12(2)9-19(4,29-18(24)27)10-28-17-6-5-14(8-15(17)20(21,22)23)16-7-13(3)25-11-26-16/h5-8,11-12H,9-10H2,1-4H3,(H2,24,27). The number of rotatable bonds is 7. The zero-order valence-electron chi connectivity index (χ0n) is 16.7. The van der Waals surface area contributed by atoms with E-state index in [2.05, 4.69) is 9.97 Å². The second-order valence-corrected chi connectivity index (χ2v) is 7.51. The van der Waals surface area contributed by atoms with Gasteiger partial charge in [-0.15, -0.1) is 0 Å². The number of amides is 1. The predicted molar refractivity (Wildman–Crippen MR) is 101 cm³/mol. The molecule has 158 valence electrons. The number of primary amides is 1. The van der Waals surface area contributed by atoms with Crippen molar-refractivity contribution in [2.75, 3.05) is 6.61 Å². The van der Waals surface area contributed by atoms with E-state index in [9.17, 15) is 18.0 Å². The van der Waals surface area contributed by atoms with Gasteiger partial charge in [0.05, 0.1) is 11.3 Å². The Morgan fingerprint density at radius 2 is 1.90 bits per heavy atom. The molecule has 0 radical (unpaired) electrons. The van der Waals surface area contributed by atoms with Crippen molar-refractivity contribution in [3.63, 3.8) is 0 Å². The van der Waals surface area contributed by atoms with Crippen LogP contribution in [0, 0.1) is 12.8 Å². The van der Waals surface area contributed by atoms with Crippen molar-refractivity contribution in [2.45, 2.75) is 45.9 Å². The van der Waals surface area contributed by atoms with Crippen LogP contribution in [0.4, 0.5) is 18.0 Å². The molecule has 0 fully saturated rings. The Labute approximate surface area is 167 Å². The van der Waals surface area contributed by atoms with Crippen LogP contribution in [0.2, 0.25) is 0 Å². The zero-order chi connectivity index (χ0) is 21.8. The molecule has 2 aromatic rings. The lowest BCUT2D eigenvalue weighted by Crippen LogP contribution is -2.41. The van der Waals surface area contributed by atoms with Crippen LogP contribution >= 0.6 is 0 Å². The minimum Gasteiger partial charge on any atom is -0.489 e. The van der Waals surface area contributed by atoms with E-state index in [1.807, 2.05) is 13.8 Å². The van der Waals surface area contributed by atoms with Crippen LogP contribution in [0.15, 0.2) is 30.6 Å². The number of halogens is 3. The van der Waals surface area contributed by atoms with E-state index in [0.29, 0.717) is 17.8 Å². The van der Waals surface area contributed by atoms with E-state index in [-0.39, 0.29) is 23.8 Å². The maximum Gasteiger partial charge on any atom is 0.419 e. The van der Waals surface area contributed by atoms with Crippen molar-refractivity contribution < 1.29 is 27.4 Å². The number of nitrogens with zero attached hydrogens (tertiary/aromatic N) is 2. The molecular formula is C20H24F3N3O3. The first-order valence-corrected chi connectivity index (χ1v) is 9.01. The topological polar surface area (TPSA) is 87.3 Å². The summed E-state index contributed by atoms with van der Waals surface area (Å²) in [4.78, 5) is 19.2. The number of alkyl halides is 3. The fourth-order valence-electron chi connectivity index (χ4n) is 3.12. The molecule has 0 saturated carbocycles. The van der Waals surface area contributed by atoms with Gasteiger partial charge in [-0.2, -0.15) is 13.2 Å². The fourth-order valence-corrected chi connectivity index (χ4v) is 3.12. The van der Waals surface area contributed by atoms with Crippen molar-refractivity contribution in [1.29, 1.82) is 0 Å². The van der Waals surface area contributed by atoms with Gasteiger partial charge in [-0.1, -0.05) is 13.8 Å². The molecular weight excluding hydrogens is 387 g/mol. The Bertz CT molecular complexity index is 872. The molecule has 0 saturated heterocycles. The fraction of sp³-hybridized carbons (Fsp3) is 0.450. The number of hydrogen-bond acceptors (Lipinski definition) is 5. The average molecular weight is 411 g/mol. The van der Waals surface area contributed by atoms with Gasteiger partial charge < -0.3 is 15.2 Å². The summed E-state index contributed by atoms with van der Waals surface area (Å²) in [5, 5.41) is 0. The predicted octanol–water partition coefficient (Wildman–Crippen LogP) is 4.75. The first kappa shape index (κ1) is 22.4. The lowest BCUT2D eigenvalue weighted by Gasteiger charge is -2.30. The Balaban J connectivity index is 2.35. The van der Waals surface area contributed by atoms with Gasteiger partial charge in [0.25, 0.3) is 0 Å². The minimum absolute atomic E-state index is 0.105. The van der Waals surface area contributed by atoms with Gasteiger partial charge in [-0.05, 0) is 50.5 Å². The number of ether oxygens (including phenoxy) is 2. The lowest BCUT2D eigenvalue weighted by molar-refractivity contribution is -0.139. The summed E-state index contributed by atoms with van der Waals surface area (Å²) in [6.45, 7) is 6.80. The summed E-state index contributed by atoms with van der Waals surface area (Å²) in [5.41, 5.74) is 4.29. The Hall–Kier alpha value is -2.84. The first-order chi connectivity index (χ1) is 13.4. The van der Waals surface area contributed by atoms with Gasteiger partial charge in [0.15, 0.2) is 0 Å². The minimum atomic E-state index is -4.65. The van der Waals surface area contributed by atoms with E-state index in [1.165, 1.54) is 18.5 Å². The highest BCUT2D eigenvalue weighted by Crippen LogP contribution is 2.39. The Kier molecular flexibility index (Phi) is 6.71. The number of aryl methyl sites for hydroxylation is 1. The number of aromatic nitrogens is 2. The molecule has 1 amide bonds. The van der Waals surface area contributed by atoms with Gasteiger partial charge in [-0.25, -0.2) is 14.8 Å². The third-order valence-electron chi connectivity index (χ3n) is 4.10. The molecule has 1 unspecified atom stereocenters. The van der Waals surface area contributed by atoms with Crippen LogP contribution < -0.4 is 10.5 Å². The summed E-state index contributed by atoms with van der Waals surface area (Å²) in [6.07, 6.45) is -4.00. The highest BCUT2D eigenvalue weighted by atomic mass is 19.4. The van der Waals surface area contributed by atoms with Crippen molar-refractivity contribution in [2.24, 2.45) is 11.7 Å². The summed E-state index contributed by atoms with van der Waals surface area (Å²) >= 11 is 0. The van der Waals surface area contributed by atoms with Crippen LogP contribution in [0.25, 0.3) is 11.3 Å². The second-order valence-electron chi connectivity index (χ2n) is 7.51. The van der Waals surface area contributed by atoms with Crippen molar-refractivity contribution >= 4 is 6.09 Å². The highest BCUT2D eigenvalue weighted by Gasteiger charge is 2.36. The summed E-state index contributed by atoms with van der Waals surface area (Å²) in [5.74, 6) is -0.261. The normalized spacial score (nSPS) is 13.8. The number of carbonyl (C=O) groups excluding carboxylic acids is 1. The van der Waals surface area contributed by atoms with Gasteiger partial charge in [0, 0.05) is 11.3 Å². The quantitative estimate of drug-likeness (QED) is 0.710. The molecule has 0 aliphatic heterocycles. The molecule has 2 rings (SSSR count). The van der Waals surface area contributed by atoms with Crippen LogP contribution in [-0.4, -0.2) is 28.3 Å². The van der Waals surface area contributed by atoms with E-state index in [0.717, 1.165) is 6.07 Å². The highest BCUT2D eigenvalue weighted by molar-refractivity contribution is 5.65. The van der Waals surface area contributed by atoms with Crippen LogP contribution in [0.3, 0.4) is 0 Å². The number of nitrogens with two attached hydrogens (primary N) is 1. The van der Waals surface area contributed by atoms with Gasteiger partial charge in [0.1, 0.15) is 24.3 Å². The lowest BCUT2D eigenvalue weighted by atomic mass is 9.95. The molecule has 0 aliphatic carbocycles. The van der Waals surface area contributed by atoms with Gasteiger partial charge in [0.2, 0.25) is 0 Å². The molecule has 0 bridgehead atoms. The van der Waals surface area contributed by atoms with Gasteiger partial charge >= 0.3 is 12.3 Å². The van der Waals surface area contributed by atoms with Crippen molar-refractivity contribution in [1.82, 2.24) is 9.97 Å². The molecule has 29 heavy (non-hydrogen) atoms. The number of benzene rings is 1. The summed E-state index contributed by atoms with van der Waals surface area (Å²) < 4.78 is 51.5. The largest absolute Gasteiger partial charge is 0.489 e. The first-order valence-electron chi connectivity index (χ1n) is 9.01. The third-order valence-corrected chi connectivity index (χ3v) is 4.10. The average Bonchev–Trinajstić information content (AvgIpc) is 2.57. The van der Waals surface area contributed by atoms with E-state index in [1.54, 1.807) is 19.9 Å². The summed E-state index contributed by atoms with van der Waals surface area (Å²) in [7, 11) is 0. The van der Waals surface area contributed by atoms with Crippen molar-refractivity contribution in [3.05, 3.63) is 41.9 Å². The van der Waals surface area contributed by atoms with Crippen LogP contribution in [0.1, 0.15) is 38.4 Å². The van der Waals surface area contributed by atoms with Crippen molar-refractivity contribution in [3.8, 4) is 17.0 Å². The number of hydrogen-bond donors (Lipinski definition) is 1. The number of carbonyl (C=O) groups is 1. The van der Waals surface area contributed by atoms with Gasteiger partial charge in [-0.3, -0.25) is 0 Å².